The average molecular weight is 461 g/mol. The minimum atomic E-state index is -0.983. The molecule has 0 aliphatic rings. The van der Waals surface area contributed by atoms with E-state index in [1.165, 1.54) is 18.5 Å². The Morgan fingerprint density at radius 3 is 2.29 bits per heavy atom. The number of carbonyl (C=O) groups is 1. The van der Waals surface area contributed by atoms with Crippen LogP contribution in [-0.2, 0) is 17.8 Å². The fourth-order valence-electron chi connectivity index (χ4n) is 3.41. The zero-order valence-electron chi connectivity index (χ0n) is 18.0. The number of nitrogens with one attached hydrogen (secondary N) is 1. The second-order valence-electron chi connectivity index (χ2n) is 7.60. The Hall–Kier alpha value is -4.33. The number of hydrogen-bond donors (Lipinski definition) is 2. The molecule has 0 radical (unpaired) electrons. The zero-order valence-corrected chi connectivity index (χ0v) is 18.0. The number of anilines is 1. The molecule has 1 aromatic heterocycles. The Labute approximate surface area is 194 Å². The van der Waals surface area contributed by atoms with Gasteiger partial charge in [-0.25, -0.2) is 23.5 Å². The SMILES string of the molecule is O=C(O)[C@H](Cc1ccccc1)Nc1cc(-c2ccc(OCc3cc(F)cc(F)c3)cc2)ncn1. The van der Waals surface area contributed by atoms with Crippen LogP contribution < -0.4 is 10.1 Å². The van der Waals surface area contributed by atoms with E-state index in [4.69, 9.17) is 4.74 Å². The molecule has 0 aliphatic carbocycles. The number of hydrogen-bond acceptors (Lipinski definition) is 5. The minimum absolute atomic E-state index is 0.0214. The third-order valence-electron chi connectivity index (χ3n) is 5.05. The molecule has 0 bridgehead atoms. The highest BCUT2D eigenvalue weighted by atomic mass is 19.1. The molecule has 0 amide bonds. The second-order valence-corrected chi connectivity index (χ2v) is 7.60. The summed E-state index contributed by atoms with van der Waals surface area (Å²) in [6, 6.07) is 20.4. The van der Waals surface area contributed by atoms with Crippen molar-refractivity contribution < 1.29 is 23.4 Å². The first kappa shape index (κ1) is 22.8. The molecule has 0 spiro atoms. The third kappa shape index (κ3) is 6.13. The van der Waals surface area contributed by atoms with Gasteiger partial charge in [0, 0.05) is 24.1 Å². The third-order valence-corrected chi connectivity index (χ3v) is 5.05. The fraction of sp³-hybridized carbons (Fsp3) is 0.115. The molecule has 4 rings (SSSR count). The molecule has 8 heteroatoms. The van der Waals surface area contributed by atoms with Crippen molar-refractivity contribution in [2.75, 3.05) is 5.32 Å². The first-order valence-electron chi connectivity index (χ1n) is 10.5. The first-order chi connectivity index (χ1) is 16.5. The van der Waals surface area contributed by atoms with Crippen LogP contribution >= 0.6 is 0 Å². The Morgan fingerprint density at radius 2 is 1.62 bits per heavy atom. The molecule has 3 aromatic carbocycles. The van der Waals surface area contributed by atoms with E-state index in [2.05, 4.69) is 15.3 Å². The van der Waals surface area contributed by atoms with E-state index in [1.807, 2.05) is 30.3 Å². The number of carboxylic acids is 1. The lowest BCUT2D eigenvalue weighted by atomic mass is 10.1. The van der Waals surface area contributed by atoms with Crippen LogP contribution in [0.4, 0.5) is 14.6 Å². The molecule has 172 valence electrons. The monoisotopic (exact) mass is 461 g/mol. The van der Waals surface area contributed by atoms with E-state index in [-0.39, 0.29) is 6.61 Å². The molecule has 2 N–H and O–H groups in total. The van der Waals surface area contributed by atoms with Crippen molar-refractivity contribution >= 4 is 11.8 Å². The van der Waals surface area contributed by atoms with Gasteiger partial charge in [0.25, 0.3) is 0 Å². The fourth-order valence-corrected chi connectivity index (χ4v) is 3.41. The van der Waals surface area contributed by atoms with Gasteiger partial charge >= 0.3 is 5.97 Å². The summed E-state index contributed by atoms with van der Waals surface area (Å²) in [7, 11) is 0. The predicted molar refractivity (Wildman–Crippen MR) is 123 cm³/mol. The summed E-state index contributed by atoms with van der Waals surface area (Å²) in [6.07, 6.45) is 1.67. The predicted octanol–water partition coefficient (Wildman–Crippen LogP) is 5.11. The summed E-state index contributed by atoms with van der Waals surface area (Å²) in [5, 5.41) is 12.6. The highest BCUT2D eigenvalue weighted by Crippen LogP contribution is 2.23. The van der Waals surface area contributed by atoms with Crippen LogP contribution in [0.15, 0.2) is 85.2 Å². The summed E-state index contributed by atoms with van der Waals surface area (Å²) < 4.78 is 32.2. The lowest BCUT2D eigenvalue weighted by molar-refractivity contribution is -0.137. The van der Waals surface area contributed by atoms with Gasteiger partial charge < -0.3 is 15.2 Å². The number of ether oxygens (including phenoxy) is 1. The van der Waals surface area contributed by atoms with Crippen molar-refractivity contribution in [2.24, 2.45) is 0 Å². The normalized spacial score (nSPS) is 11.6. The second kappa shape index (κ2) is 10.5. The molecular formula is C26H21F2N3O3. The number of carboxylic acid groups (broad SMARTS) is 1. The standard InChI is InChI=1S/C26H21F2N3O3/c27-20-10-18(11-21(28)13-20)15-34-22-8-6-19(7-9-22)23-14-25(30-16-29-23)31-24(26(32)33)12-17-4-2-1-3-5-17/h1-11,13-14,16,24H,12,15H2,(H,32,33)(H,29,30,31)/t24-/m0/s1. The van der Waals surface area contributed by atoms with Crippen LogP contribution in [0, 0.1) is 11.6 Å². The smallest absolute Gasteiger partial charge is 0.326 e. The van der Waals surface area contributed by atoms with Gasteiger partial charge in [0.1, 0.15) is 42.2 Å². The largest absolute Gasteiger partial charge is 0.489 e. The molecule has 1 atom stereocenters. The average Bonchev–Trinajstić information content (AvgIpc) is 2.83. The van der Waals surface area contributed by atoms with Crippen molar-refractivity contribution in [1.29, 1.82) is 0 Å². The van der Waals surface area contributed by atoms with Gasteiger partial charge in [-0.05, 0) is 47.5 Å². The van der Waals surface area contributed by atoms with Gasteiger partial charge in [0.15, 0.2) is 0 Å². The highest BCUT2D eigenvalue weighted by molar-refractivity contribution is 5.77. The maximum absolute atomic E-state index is 13.3. The number of benzene rings is 3. The molecule has 0 fully saturated rings. The maximum Gasteiger partial charge on any atom is 0.326 e. The number of aromatic nitrogens is 2. The van der Waals surface area contributed by atoms with E-state index in [0.29, 0.717) is 29.2 Å². The van der Waals surface area contributed by atoms with Crippen LogP contribution in [0.3, 0.4) is 0 Å². The van der Waals surface area contributed by atoms with Crippen LogP contribution in [0.5, 0.6) is 5.75 Å². The Morgan fingerprint density at radius 1 is 0.912 bits per heavy atom. The zero-order chi connectivity index (χ0) is 23.9. The molecule has 0 saturated heterocycles. The van der Waals surface area contributed by atoms with Crippen molar-refractivity contribution in [2.45, 2.75) is 19.1 Å². The number of nitrogens with zero attached hydrogens (tertiary/aromatic N) is 2. The summed E-state index contributed by atoms with van der Waals surface area (Å²) in [5.74, 6) is -1.38. The van der Waals surface area contributed by atoms with Crippen LogP contribution in [0.1, 0.15) is 11.1 Å². The quantitative estimate of drug-likeness (QED) is 0.360. The molecule has 1 heterocycles. The van der Waals surface area contributed by atoms with Crippen molar-refractivity contribution in [3.63, 3.8) is 0 Å². The van der Waals surface area contributed by atoms with Gasteiger partial charge in [0.2, 0.25) is 0 Å². The Kier molecular flexibility index (Phi) is 7.07. The van der Waals surface area contributed by atoms with Crippen LogP contribution in [-0.4, -0.2) is 27.1 Å². The van der Waals surface area contributed by atoms with Gasteiger partial charge in [0.05, 0.1) is 5.69 Å². The number of rotatable bonds is 9. The first-order valence-corrected chi connectivity index (χ1v) is 10.5. The Bertz CT molecular complexity index is 1250. The minimum Gasteiger partial charge on any atom is -0.489 e. The highest BCUT2D eigenvalue weighted by Gasteiger charge is 2.18. The molecule has 0 aliphatic heterocycles. The number of halogens is 2. The molecule has 6 nitrogen and oxygen atoms in total. The van der Waals surface area contributed by atoms with Crippen molar-refractivity contribution in [3.8, 4) is 17.0 Å². The van der Waals surface area contributed by atoms with Gasteiger partial charge in [-0.2, -0.15) is 0 Å². The van der Waals surface area contributed by atoms with Crippen LogP contribution in [0.2, 0.25) is 0 Å². The number of aliphatic carboxylic acids is 1. The summed E-state index contributed by atoms with van der Waals surface area (Å²) in [6.45, 7) is 0.0214. The topological polar surface area (TPSA) is 84.3 Å². The maximum atomic E-state index is 13.3. The van der Waals surface area contributed by atoms with Gasteiger partial charge in [-0.3, -0.25) is 0 Å². The molecule has 0 unspecified atom stereocenters. The van der Waals surface area contributed by atoms with E-state index >= 15 is 0 Å². The summed E-state index contributed by atoms with van der Waals surface area (Å²) >= 11 is 0. The van der Waals surface area contributed by atoms with E-state index in [9.17, 15) is 18.7 Å². The molecule has 4 aromatic rings. The van der Waals surface area contributed by atoms with Crippen molar-refractivity contribution in [1.82, 2.24) is 9.97 Å². The summed E-state index contributed by atoms with van der Waals surface area (Å²) in [4.78, 5) is 20.2. The van der Waals surface area contributed by atoms with E-state index in [1.54, 1.807) is 30.3 Å². The Balaban J connectivity index is 1.43. The lowest BCUT2D eigenvalue weighted by Crippen LogP contribution is -2.31. The molecule has 34 heavy (non-hydrogen) atoms. The van der Waals surface area contributed by atoms with E-state index in [0.717, 1.165) is 17.2 Å². The molecular weight excluding hydrogens is 440 g/mol. The molecule has 0 saturated carbocycles. The lowest BCUT2D eigenvalue weighted by Gasteiger charge is -2.15. The van der Waals surface area contributed by atoms with E-state index < -0.39 is 23.6 Å². The van der Waals surface area contributed by atoms with Gasteiger partial charge in [-0.1, -0.05) is 30.3 Å². The summed E-state index contributed by atoms with van der Waals surface area (Å²) in [5.41, 5.74) is 2.65. The van der Waals surface area contributed by atoms with Crippen molar-refractivity contribution in [3.05, 3.63) is 108 Å². The van der Waals surface area contributed by atoms with Gasteiger partial charge in [-0.15, -0.1) is 0 Å². The van der Waals surface area contributed by atoms with Crippen LogP contribution in [0.25, 0.3) is 11.3 Å².